The number of hydrogen-bond acceptors (Lipinski definition) is 7. The van der Waals surface area contributed by atoms with Crippen LogP contribution in [0, 0.1) is 0 Å². The highest BCUT2D eigenvalue weighted by molar-refractivity contribution is 8.00. The summed E-state index contributed by atoms with van der Waals surface area (Å²) in [4.78, 5) is 5.26. The van der Waals surface area contributed by atoms with E-state index in [1.54, 1.807) is 0 Å². The number of furan rings is 1. The fourth-order valence-corrected chi connectivity index (χ4v) is 27.8. The molecule has 144 heavy (non-hydrogen) atoms. The molecule has 0 radical (unpaired) electrons. The van der Waals surface area contributed by atoms with E-state index in [2.05, 4.69) is 466 Å². The number of para-hydroxylation sites is 13. The molecule has 0 amide bonds. The first-order valence-corrected chi connectivity index (χ1v) is 52.0. The van der Waals surface area contributed by atoms with E-state index in [1.165, 1.54) is 219 Å². The van der Waals surface area contributed by atoms with Gasteiger partial charge < -0.3 is 36.7 Å². The highest BCUT2D eigenvalue weighted by atomic mass is 32.2. The normalized spacial score (nSPS) is 12.5. The van der Waals surface area contributed by atoms with Gasteiger partial charge in [0.05, 0.1) is 77.9 Å². The molecule has 0 N–H and O–H groups in total. The van der Waals surface area contributed by atoms with Crippen LogP contribution in [0.1, 0.15) is 0 Å². The van der Waals surface area contributed by atoms with Gasteiger partial charge in [-0.25, -0.2) is 0 Å². The molecule has 4 aliphatic rings. The van der Waals surface area contributed by atoms with Gasteiger partial charge in [-0.3, -0.25) is 0 Å². The van der Waals surface area contributed by atoms with Gasteiger partial charge in [-0.2, -0.15) is 0 Å². The van der Waals surface area contributed by atoms with Crippen molar-refractivity contribution in [2.45, 2.75) is 19.6 Å². The molecule has 0 bridgehead atoms. The molecule has 12 heteroatoms. The van der Waals surface area contributed by atoms with Gasteiger partial charge in [0.25, 0.3) is 0 Å². The van der Waals surface area contributed by atoms with Gasteiger partial charge in [-0.1, -0.05) is 290 Å². The summed E-state index contributed by atoms with van der Waals surface area (Å²) in [7, 11) is 0. The van der Waals surface area contributed by atoms with Crippen molar-refractivity contribution in [1.29, 1.82) is 0 Å². The largest absolute Gasteiger partial charge is 0.456 e. The van der Waals surface area contributed by atoms with E-state index in [0.29, 0.717) is 0 Å². The fourth-order valence-electron chi connectivity index (χ4n) is 23.3. The minimum atomic E-state index is 0.881. The number of aromatic nitrogens is 5. The van der Waals surface area contributed by atoms with Crippen LogP contribution in [0.25, 0.3) is 255 Å². The summed E-state index contributed by atoms with van der Waals surface area (Å²) >= 11 is 7.49. The fraction of sp³-hybridized carbons (Fsp3) is 0. The van der Waals surface area contributed by atoms with Crippen molar-refractivity contribution in [2.24, 2.45) is 0 Å². The monoisotopic (exact) mass is 1910 g/mol. The molecule has 672 valence electrons. The van der Waals surface area contributed by atoms with E-state index < -0.39 is 0 Å². The standard InChI is InChI=1S/C36H22N2O.C36H21NOS.C30H17NOS.C30H17NS2/c1-2-10-25(11-3-1)37-30-14-6-4-12-26(30)28-20-23(18-19-32(28)37)24-21-29-27-13-5-7-15-31(27)38-33-16-8-9-17-34(33)39-35(22-24)36(29)38;1-3-15-30-26(11-1)29-20-24(21-33-35(29)37(30)31-16-4-5-17-32(31)38-33)22-9-7-10-23(19-22)25-13-8-14-28-27-12-2-6-18-34(27)39-36(25)28;2*1-3-9-26-20(6-1)23-17-19(13-15-27(23)32-26)18-12-14-24-22(16-18)21-7-5-11-29-30(21)31(24)25-8-2-4-10-28(25)33-29/h1-22H;1-21H;2*1-17H. The van der Waals surface area contributed by atoms with Gasteiger partial charge in [0.2, 0.25) is 0 Å². The zero-order chi connectivity index (χ0) is 94.0. The zero-order valence-electron chi connectivity index (χ0n) is 77.0. The molecule has 8 nitrogen and oxygen atoms in total. The quantitative estimate of drug-likeness (QED) is 0.166. The molecular formula is C132H77N5O3S4. The van der Waals surface area contributed by atoms with Crippen LogP contribution in [0.5, 0.6) is 23.0 Å². The summed E-state index contributed by atoms with van der Waals surface area (Å²) in [6.45, 7) is 0. The van der Waals surface area contributed by atoms with Gasteiger partial charge in [-0.15, -0.1) is 22.7 Å². The molecule has 34 rings (SSSR count). The number of hydrogen-bond donors (Lipinski definition) is 0. The molecule has 0 fully saturated rings. The van der Waals surface area contributed by atoms with Crippen LogP contribution < -0.4 is 9.47 Å². The number of thiophene rings is 2. The van der Waals surface area contributed by atoms with Crippen LogP contribution in [0.4, 0.5) is 0 Å². The van der Waals surface area contributed by atoms with Crippen LogP contribution in [-0.4, -0.2) is 22.8 Å². The van der Waals surface area contributed by atoms with E-state index in [1.807, 2.05) is 70.5 Å². The van der Waals surface area contributed by atoms with Gasteiger partial charge in [-0.05, 0) is 256 Å². The number of ether oxygens (including phenoxy) is 2. The summed E-state index contributed by atoms with van der Waals surface area (Å²) in [5.41, 5.74) is 32.1. The van der Waals surface area contributed by atoms with Crippen molar-refractivity contribution in [3.8, 4) is 107 Å². The number of nitrogens with zero attached hydrogens (tertiary/aromatic N) is 5. The van der Waals surface area contributed by atoms with E-state index in [-0.39, 0.29) is 0 Å². The zero-order valence-corrected chi connectivity index (χ0v) is 80.3. The molecule has 12 heterocycles. The second kappa shape index (κ2) is 32.0. The lowest BCUT2D eigenvalue weighted by Crippen LogP contribution is -2.03. The van der Waals surface area contributed by atoms with Crippen molar-refractivity contribution in [1.82, 2.24) is 22.8 Å². The van der Waals surface area contributed by atoms with Crippen molar-refractivity contribution in [3.05, 3.63) is 467 Å². The Hall–Kier alpha value is -17.6. The Balaban J connectivity index is 0.0000000879. The van der Waals surface area contributed by atoms with Crippen LogP contribution in [-0.2, 0) is 0 Å². The van der Waals surface area contributed by atoms with Crippen LogP contribution >= 0.6 is 46.2 Å². The van der Waals surface area contributed by atoms with Crippen molar-refractivity contribution in [2.75, 3.05) is 0 Å². The third-order valence-electron chi connectivity index (χ3n) is 29.6. The van der Waals surface area contributed by atoms with Crippen LogP contribution in [0.3, 0.4) is 0 Å². The topological polar surface area (TPSA) is 56.2 Å². The Morgan fingerprint density at radius 3 is 1.14 bits per heavy atom. The molecule has 4 aliphatic heterocycles. The summed E-state index contributed by atoms with van der Waals surface area (Å²) < 4.78 is 36.4. The second-order valence-electron chi connectivity index (χ2n) is 37.6. The maximum Gasteiger partial charge on any atom is 0.152 e. The van der Waals surface area contributed by atoms with Crippen LogP contribution in [0.15, 0.2) is 491 Å². The Labute approximate surface area is 841 Å². The third-order valence-corrected chi connectivity index (χ3v) is 34.2. The maximum atomic E-state index is 6.54. The highest BCUT2D eigenvalue weighted by Crippen LogP contribution is 2.55. The van der Waals surface area contributed by atoms with Gasteiger partial charge in [0, 0.05) is 130 Å². The van der Waals surface area contributed by atoms with Crippen molar-refractivity contribution < 1.29 is 13.9 Å². The smallest absolute Gasteiger partial charge is 0.152 e. The molecule has 0 spiro atoms. The Morgan fingerprint density at radius 1 is 0.174 bits per heavy atom. The average Bonchev–Trinajstić information content (AvgIpc) is 1.53. The van der Waals surface area contributed by atoms with Crippen molar-refractivity contribution in [3.63, 3.8) is 0 Å². The predicted molar refractivity (Wildman–Crippen MR) is 606 cm³/mol. The Kier molecular flexibility index (Phi) is 18.0. The van der Waals surface area contributed by atoms with Gasteiger partial charge in [0.15, 0.2) is 23.0 Å². The molecule has 30 aromatic rings. The molecule has 0 aliphatic carbocycles. The van der Waals surface area contributed by atoms with E-state index in [9.17, 15) is 0 Å². The summed E-state index contributed by atoms with van der Waals surface area (Å²) in [5.74, 6) is 3.56. The molecule has 0 unspecified atom stereocenters. The lowest BCUT2D eigenvalue weighted by Gasteiger charge is -2.21. The molecule has 0 saturated carbocycles. The first kappa shape index (κ1) is 81.2. The minimum absolute atomic E-state index is 0.881. The van der Waals surface area contributed by atoms with E-state index >= 15 is 0 Å². The third kappa shape index (κ3) is 12.5. The minimum Gasteiger partial charge on any atom is -0.456 e. The van der Waals surface area contributed by atoms with Crippen LogP contribution in [0.2, 0.25) is 0 Å². The molecule has 0 atom stereocenters. The number of benzene rings is 22. The summed E-state index contributed by atoms with van der Waals surface area (Å²) in [6.07, 6.45) is 0. The summed E-state index contributed by atoms with van der Waals surface area (Å²) in [6, 6.07) is 168. The lowest BCUT2D eigenvalue weighted by molar-refractivity contribution is 0.476. The second-order valence-corrected chi connectivity index (χ2v) is 41.9. The first-order chi connectivity index (χ1) is 71.4. The molecule has 0 saturated heterocycles. The first-order valence-electron chi connectivity index (χ1n) is 48.7. The molecule has 22 aromatic carbocycles. The SMILES string of the molecule is c1cc(-c2cc3c4c(c2)c2ccccc2n4-c2ccccc2O3)cc(-c2cccc3c2sc2ccccc23)c1.c1ccc(-n2c3ccccc3c3cc(-c4cc5c6c(c4)c4ccccc4n6-c4ccccc4O5)ccc32)cc1.c1ccc2c(c1)Sc1cccc3c4cc(-c5ccc6oc7ccccc7c6c5)ccc4n-2c13.c1ccc2c(c1)Sc1cccc3c4cc(-c5ccc6sc7ccccc7c6c5)ccc4n-2c13. The van der Waals surface area contributed by atoms with Gasteiger partial charge >= 0.3 is 0 Å². The van der Waals surface area contributed by atoms with E-state index in [4.69, 9.17) is 13.9 Å². The molecular weight excluding hydrogens is 1830 g/mol. The maximum absolute atomic E-state index is 6.54. The Bertz CT molecular complexity index is 10500. The lowest BCUT2D eigenvalue weighted by atomic mass is 9.96. The summed E-state index contributed by atoms with van der Waals surface area (Å²) in [5, 5.41) is 20.3. The van der Waals surface area contributed by atoms with Crippen molar-refractivity contribution >= 4 is 218 Å². The van der Waals surface area contributed by atoms with E-state index in [0.717, 1.165) is 78.5 Å². The number of fused-ring (bicyclic) bond motifs is 32. The predicted octanol–water partition coefficient (Wildman–Crippen LogP) is 38.3. The Morgan fingerprint density at radius 2 is 0.542 bits per heavy atom. The number of rotatable bonds is 6. The van der Waals surface area contributed by atoms with Gasteiger partial charge in [0.1, 0.15) is 11.2 Å². The average molecular weight is 1910 g/mol. The molecule has 8 aromatic heterocycles. The highest BCUT2D eigenvalue weighted by Gasteiger charge is 2.31.